The summed E-state index contributed by atoms with van der Waals surface area (Å²) in [4.78, 5) is 0. The van der Waals surface area contributed by atoms with E-state index in [2.05, 4.69) is 59.9 Å². The molecule has 1 aliphatic rings. The predicted molar refractivity (Wildman–Crippen MR) is 91.9 cm³/mol. The fraction of sp³-hybridized carbons (Fsp3) is 0.200. The van der Waals surface area contributed by atoms with Crippen molar-refractivity contribution in [1.29, 1.82) is 0 Å². The molecule has 3 heteroatoms. The minimum atomic E-state index is 0.625. The number of ether oxygens (including phenoxy) is 2. The Hall–Kier alpha value is -2.52. The molecule has 4 rings (SSSR count). The summed E-state index contributed by atoms with van der Waals surface area (Å²) >= 11 is 0. The maximum Gasteiger partial charge on any atom is 0.161 e. The maximum atomic E-state index is 5.63. The summed E-state index contributed by atoms with van der Waals surface area (Å²) in [6, 6.07) is 21.1. The molecular weight excluding hydrogens is 286 g/mol. The zero-order valence-electron chi connectivity index (χ0n) is 12.9. The van der Waals surface area contributed by atoms with Crippen LogP contribution in [0.25, 0.3) is 10.8 Å². The van der Waals surface area contributed by atoms with E-state index in [9.17, 15) is 0 Å². The smallest absolute Gasteiger partial charge is 0.161 e. The predicted octanol–water partition coefficient (Wildman–Crippen LogP) is 3.90. The van der Waals surface area contributed by atoms with E-state index in [0.717, 1.165) is 24.6 Å². The lowest BCUT2D eigenvalue weighted by Crippen LogP contribution is -2.16. The van der Waals surface area contributed by atoms with Crippen molar-refractivity contribution in [2.45, 2.75) is 13.1 Å². The number of fused-ring (bicyclic) bond motifs is 2. The van der Waals surface area contributed by atoms with Gasteiger partial charge in [0.15, 0.2) is 11.5 Å². The van der Waals surface area contributed by atoms with Crippen LogP contribution in [0.5, 0.6) is 11.5 Å². The standard InChI is InChI=1S/C20H19NO2/c1-2-7-18-16(4-1)5-3-6-17(18)14-21-13-15-8-9-19-20(12-15)23-11-10-22-19/h1-9,12,21H,10-11,13-14H2. The van der Waals surface area contributed by atoms with E-state index in [0.29, 0.717) is 13.2 Å². The van der Waals surface area contributed by atoms with Crippen LogP contribution in [0.2, 0.25) is 0 Å². The fourth-order valence-electron chi connectivity index (χ4n) is 2.99. The van der Waals surface area contributed by atoms with Crippen LogP contribution in [0.3, 0.4) is 0 Å². The first-order valence-corrected chi connectivity index (χ1v) is 7.96. The molecular formula is C20H19NO2. The van der Waals surface area contributed by atoms with Crippen molar-refractivity contribution < 1.29 is 9.47 Å². The molecule has 3 nitrogen and oxygen atoms in total. The summed E-state index contributed by atoms with van der Waals surface area (Å²) in [7, 11) is 0. The summed E-state index contributed by atoms with van der Waals surface area (Å²) in [5, 5.41) is 6.11. The molecule has 1 N–H and O–H groups in total. The Labute approximate surface area is 135 Å². The van der Waals surface area contributed by atoms with Gasteiger partial charge in [0.25, 0.3) is 0 Å². The van der Waals surface area contributed by atoms with Gasteiger partial charge in [0.2, 0.25) is 0 Å². The van der Waals surface area contributed by atoms with Crippen LogP contribution < -0.4 is 14.8 Å². The molecule has 116 valence electrons. The summed E-state index contributed by atoms with van der Waals surface area (Å²) in [5.41, 5.74) is 2.52. The van der Waals surface area contributed by atoms with Crippen molar-refractivity contribution in [1.82, 2.24) is 5.32 Å². The first kappa shape index (κ1) is 14.1. The van der Waals surface area contributed by atoms with E-state index in [1.807, 2.05) is 6.07 Å². The second-order valence-corrected chi connectivity index (χ2v) is 5.72. The van der Waals surface area contributed by atoms with Gasteiger partial charge in [0.05, 0.1) is 0 Å². The third-order valence-corrected chi connectivity index (χ3v) is 4.13. The highest BCUT2D eigenvalue weighted by Crippen LogP contribution is 2.30. The Bertz CT molecular complexity index is 823. The Morgan fingerprint density at radius 1 is 0.783 bits per heavy atom. The first-order chi connectivity index (χ1) is 11.4. The molecule has 0 unspecified atom stereocenters. The van der Waals surface area contributed by atoms with Crippen LogP contribution in [0.4, 0.5) is 0 Å². The molecule has 0 aromatic heterocycles. The van der Waals surface area contributed by atoms with E-state index in [1.54, 1.807) is 0 Å². The summed E-state index contributed by atoms with van der Waals surface area (Å²) in [6.45, 7) is 2.90. The van der Waals surface area contributed by atoms with Gasteiger partial charge in [-0.15, -0.1) is 0 Å². The molecule has 0 radical (unpaired) electrons. The molecule has 1 aliphatic heterocycles. The van der Waals surface area contributed by atoms with E-state index in [1.165, 1.54) is 21.9 Å². The highest BCUT2D eigenvalue weighted by Gasteiger charge is 2.11. The molecule has 0 saturated carbocycles. The van der Waals surface area contributed by atoms with E-state index < -0.39 is 0 Å². The normalized spacial score (nSPS) is 13.2. The molecule has 1 heterocycles. The minimum absolute atomic E-state index is 0.625. The number of benzene rings is 3. The topological polar surface area (TPSA) is 30.5 Å². The molecule has 23 heavy (non-hydrogen) atoms. The number of hydrogen-bond acceptors (Lipinski definition) is 3. The van der Waals surface area contributed by atoms with Gasteiger partial charge >= 0.3 is 0 Å². The monoisotopic (exact) mass is 305 g/mol. The molecule has 3 aromatic rings. The van der Waals surface area contributed by atoms with E-state index in [4.69, 9.17) is 9.47 Å². The van der Waals surface area contributed by atoms with Gasteiger partial charge in [-0.05, 0) is 34.0 Å². The van der Waals surface area contributed by atoms with Crippen LogP contribution in [-0.2, 0) is 13.1 Å². The van der Waals surface area contributed by atoms with Crippen LogP contribution in [0.15, 0.2) is 60.7 Å². The van der Waals surface area contributed by atoms with Gasteiger partial charge < -0.3 is 14.8 Å². The third kappa shape index (κ3) is 3.01. The molecule has 0 fully saturated rings. The van der Waals surface area contributed by atoms with Crippen LogP contribution in [-0.4, -0.2) is 13.2 Å². The molecule has 0 bridgehead atoms. The maximum absolute atomic E-state index is 5.63. The van der Waals surface area contributed by atoms with Crippen molar-refractivity contribution in [2.24, 2.45) is 0 Å². The van der Waals surface area contributed by atoms with Gasteiger partial charge in [-0.25, -0.2) is 0 Å². The Balaban J connectivity index is 1.45. The molecule has 0 saturated heterocycles. The van der Waals surface area contributed by atoms with Gasteiger partial charge in [0.1, 0.15) is 13.2 Å². The zero-order chi connectivity index (χ0) is 15.5. The lowest BCUT2D eigenvalue weighted by molar-refractivity contribution is 0.171. The second-order valence-electron chi connectivity index (χ2n) is 5.72. The fourth-order valence-corrected chi connectivity index (χ4v) is 2.99. The number of nitrogens with one attached hydrogen (secondary N) is 1. The summed E-state index contributed by atoms with van der Waals surface area (Å²) in [5.74, 6) is 1.69. The first-order valence-electron chi connectivity index (χ1n) is 7.96. The molecule has 0 atom stereocenters. The van der Waals surface area contributed by atoms with Crippen LogP contribution in [0.1, 0.15) is 11.1 Å². The lowest BCUT2D eigenvalue weighted by Gasteiger charge is -2.19. The van der Waals surface area contributed by atoms with Crippen LogP contribution in [0, 0.1) is 0 Å². The van der Waals surface area contributed by atoms with Crippen molar-refractivity contribution >= 4 is 10.8 Å². The Morgan fingerprint density at radius 2 is 1.61 bits per heavy atom. The van der Waals surface area contributed by atoms with Gasteiger partial charge in [-0.3, -0.25) is 0 Å². The third-order valence-electron chi connectivity index (χ3n) is 4.13. The number of hydrogen-bond donors (Lipinski definition) is 1. The second kappa shape index (κ2) is 6.31. The summed E-state index contributed by atoms with van der Waals surface area (Å²) < 4.78 is 11.2. The average molecular weight is 305 g/mol. The number of rotatable bonds is 4. The van der Waals surface area contributed by atoms with Crippen molar-refractivity contribution in [2.75, 3.05) is 13.2 Å². The molecule has 0 amide bonds. The van der Waals surface area contributed by atoms with Crippen LogP contribution >= 0.6 is 0 Å². The highest BCUT2D eigenvalue weighted by molar-refractivity contribution is 5.85. The van der Waals surface area contributed by atoms with Gasteiger partial charge in [0, 0.05) is 13.1 Å². The lowest BCUT2D eigenvalue weighted by atomic mass is 10.0. The molecule has 3 aromatic carbocycles. The Morgan fingerprint density at radius 3 is 2.57 bits per heavy atom. The summed E-state index contributed by atoms with van der Waals surface area (Å²) in [6.07, 6.45) is 0. The zero-order valence-corrected chi connectivity index (χ0v) is 12.9. The van der Waals surface area contributed by atoms with Gasteiger partial charge in [-0.2, -0.15) is 0 Å². The SMILES string of the molecule is c1ccc2c(CNCc3ccc4c(c3)OCCO4)cccc2c1. The van der Waals surface area contributed by atoms with Crippen molar-refractivity contribution in [3.05, 3.63) is 71.8 Å². The van der Waals surface area contributed by atoms with Crippen molar-refractivity contribution in [3.63, 3.8) is 0 Å². The minimum Gasteiger partial charge on any atom is -0.486 e. The highest BCUT2D eigenvalue weighted by atomic mass is 16.6. The molecule has 0 spiro atoms. The van der Waals surface area contributed by atoms with Crippen molar-refractivity contribution in [3.8, 4) is 11.5 Å². The molecule has 0 aliphatic carbocycles. The average Bonchev–Trinajstić information content (AvgIpc) is 2.62. The van der Waals surface area contributed by atoms with E-state index >= 15 is 0 Å². The Kier molecular flexibility index (Phi) is 3.86. The van der Waals surface area contributed by atoms with Gasteiger partial charge in [-0.1, -0.05) is 48.5 Å². The largest absolute Gasteiger partial charge is 0.486 e. The quantitative estimate of drug-likeness (QED) is 0.793. The van der Waals surface area contributed by atoms with E-state index in [-0.39, 0.29) is 0 Å².